The van der Waals surface area contributed by atoms with Crippen molar-refractivity contribution in [2.45, 2.75) is 27.2 Å². The van der Waals surface area contributed by atoms with Crippen LogP contribution in [0.3, 0.4) is 0 Å². The Kier molecular flexibility index (Phi) is 3.64. The van der Waals surface area contributed by atoms with Gasteiger partial charge in [0, 0.05) is 12.9 Å². The van der Waals surface area contributed by atoms with E-state index in [0.717, 1.165) is 16.6 Å². The average Bonchev–Trinajstić information content (AvgIpc) is 2.32. The van der Waals surface area contributed by atoms with Crippen LogP contribution in [0.25, 0.3) is 0 Å². The van der Waals surface area contributed by atoms with E-state index in [1.807, 2.05) is 18.7 Å². The number of rotatable bonds is 3. The molecule has 0 aromatic carbocycles. The summed E-state index contributed by atoms with van der Waals surface area (Å²) in [6, 6.07) is 0. The minimum Gasteiger partial charge on any atom is -0.271 e. The lowest BCUT2D eigenvalue weighted by molar-refractivity contribution is 0.403. The van der Waals surface area contributed by atoms with E-state index < -0.39 is 0 Å². The highest BCUT2D eigenvalue weighted by molar-refractivity contribution is 9.10. The topological polar surface area (TPSA) is 17.8 Å². The molecule has 0 fully saturated rings. The highest BCUT2D eigenvalue weighted by atomic mass is 79.9. The van der Waals surface area contributed by atoms with Gasteiger partial charge in [-0.2, -0.15) is 5.10 Å². The molecule has 1 aromatic heterocycles. The van der Waals surface area contributed by atoms with Gasteiger partial charge in [-0.25, -0.2) is 0 Å². The zero-order valence-electron chi connectivity index (χ0n) is 9.06. The molecule has 0 bridgehead atoms. The number of nitrogens with zero attached hydrogens (tertiary/aromatic N) is 2. The summed E-state index contributed by atoms with van der Waals surface area (Å²) in [4.78, 5) is 0. The van der Waals surface area contributed by atoms with Gasteiger partial charge in [-0.05, 0) is 34.7 Å². The first kappa shape index (κ1) is 12.1. The van der Waals surface area contributed by atoms with Crippen LogP contribution in [-0.4, -0.2) is 15.7 Å². The van der Waals surface area contributed by atoms with Gasteiger partial charge in [-0.1, -0.05) is 13.8 Å². The molecule has 2 nitrogen and oxygen atoms in total. The molecule has 0 saturated heterocycles. The van der Waals surface area contributed by atoms with Gasteiger partial charge in [-0.3, -0.25) is 4.68 Å². The van der Waals surface area contributed by atoms with Crippen LogP contribution >= 0.6 is 27.5 Å². The van der Waals surface area contributed by atoms with E-state index in [1.54, 1.807) is 0 Å². The largest absolute Gasteiger partial charge is 0.271 e. The zero-order valence-corrected chi connectivity index (χ0v) is 11.4. The molecule has 1 rings (SSSR count). The summed E-state index contributed by atoms with van der Waals surface area (Å²) in [7, 11) is 1.97. The summed E-state index contributed by atoms with van der Waals surface area (Å²) < 4.78 is 3.03. The normalized spacial score (nSPS) is 12.1. The Balaban J connectivity index is 2.97. The van der Waals surface area contributed by atoms with E-state index in [1.165, 1.54) is 5.69 Å². The molecule has 0 unspecified atom stereocenters. The fraction of sp³-hybridized carbons (Fsp3) is 0.700. The van der Waals surface area contributed by atoms with Crippen LogP contribution in [0, 0.1) is 12.3 Å². The van der Waals surface area contributed by atoms with Crippen molar-refractivity contribution in [3.05, 3.63) is 15.9 Å². The lowest BCUT2D eigenvalue weighted by Gasteiger charge is -2.21. The third-order valence-electron chi connectivity index (χ3n) is 2.27. The number of aryl methyl sites for hydroxylation is 2. The molecule has 0 aliphatic carbocycles. The second-order valence-electron chi connectivity index (χ2n) is 4.44. The molecule has 0 spiro atoms. The Morgan fingerprint density at radius 1 is 1.50 bits per heavy atom. The quantitative estimate of drug-likeness (QED) is 0.776. The Hall–Kier alpha value is -0.0200. The number of hydrogen-bond acceptors (Lipinski definition) is 1. The van der Waals surface area contributed by atoms with Crippen molar-refractivity contribution in [2.75, 3.05) is 5.88 Å². The van der Waals surface area contributed by atoms with Gasteiger partial charge >= 0.3 is 0 Å². The smallest absolute Gasteiger partial charge is 0.0738 e. The van der Waals surface area contributed by atoms with E-state index >= 15 is 0 Å². The molecule has 0 aliphatic heterocycles. The molecule has 0 amide bonds. The molecule has 80 valence electrons. The Morgan fingerprint density at radius 2 is 2.07 bits per heavy atom. The Morgan fingerprint density at radius 3 is 2.43 bits per heavy atom. The highest BCUT2D eigenvalue weighted by Gasteiger charge is 2.22. The van der Waals surface area contributed by atoms with Crippen molar-refractivity contribution in [3.63, 3.8) is 0 Å². The minimum absolute atomic E-state index is 0.115. The van der Waals surface area contributed by atoms with Crippen LogP contribution in [0.5, 0.6) is 0 Å². The molecule has 0 radical (unpaired) electrons. The fourth-order valence-corrected chi connectivity index (χ4v) is 1.94. The van der Waals surface area contributed by atoms with Crippen molar-refractivity contribution < 1.29 is 0 Å². The van der Waals surface area contributed by atoms with Gasteiger partial charge < -0.3 is 0 Å². The summed E-state index contributed by atoms with van der Waals surface area (Å²) in [6.07, 6.45) is 0.939. The number of alkyl halides is 1. The van der Waals surface area contributed by atoms with E-state index in [-0.39, 0.29) is 5.41 Å². The van der Waals surface area contributed by atoms with E-state index in [4.69, 9.17) is 11.6 Å². The van der Waals surface area contributed by atoms with Crippen LogP contribution in [0.1, 0.15) is 25.2 Å². The van der Waals surface area contributed by atoms with Crippen molar-refractivity contribution in [1.29, 1.82) is 0 Å². The second kappa shape index (κ2) is 4.23. The maximum Gasteiger partial charge on any atom is 0.0738 e. The highest BCUT2D eigenvalue weighted by Crippen LogP contribution is 2.29. The van der Waals surface area contributed by atoms with E-state index in [0.29, 0.717) is 5.88 Å². The second-order valence-corrected chi connectivity index (χ2v) is 5.50. The summed E-state index contributed by atoms with van der Waals surface area (Å²) >= 11 is 9.47. The van der Waals surface area contributed by atoms with Crippen LogP contribution in [0.2, 0.25) is 0 Å². The fourth-order valence-electron chi connectivity index (χ4n) is 1.37. The third kappa shape index (κ3) is 2.51. The molecule has 4 heteroatoms. The van der Waals surface area contributed by atoms with Gasteiger partial charge in [0.1, 0.15) is 0 Å². The minimum atomic E-state index is 0.115. The lowest BCUT2D eigenvalue weighted by atomic mass is 9.90. The van der Waals surface area contributed by atoms with Gasteiger partial charge in [0.05, 0.1) is 15.9 Å². The maximum absolute atomic E-state index is 5.91. The van der Waals surface area contributed by atoms with Crippen LogP contribution in [0.4, 0.5) is 0 Å². The van der Waals surface area contributed by atoms with Crippen molar-refractivity contribution in [2.24, 2.45) is 12.5 Å². The van der Waals surface area contributed by atoms with E-state index in [2.05, 4.69) is 34.9 Å². The molecule has 0 saturated carbocycles. The van der Waals surface area contributed by atoms with Crippen molar-refractivity contribution >= 4 is 27.5 Å². The van der Waals surface area contributed by atoms with Gasteiger partial charge in [0.15, 0.2) is 0 Å². The summed E-state index contributed by atoms with van der Waals surface area (Å²) in [6.45, 7) is 6.32. The summed E-state index contributed by atoms with van der Waals surface area (Å²) in [5.74, 6) is 0.656. The van der Waals surface area contributed by atoms with Gasteiger partial charge in [0.2, 0.25) is 0 Å². The first-order valence-electron chi connectivity index (χ1n) is 4.61. The lowest BCUT2D eigenvalue weighted by Crippen LogP contribution is -2.19. The molecular weight excluding hydrogens is 263 g/mol. The first-order valence-corrected chi connectivity index (χ1v) is 5.94. The predicted molar refractivity (Wildman–Crippen MR) is 63.9 cm³/mol. The van der Waals surface area contributed by atoms with Gasteiger partial charge in [-0.15, -0.1) is 11.6 Å². The molecule has 0 N–H and O–H groups in total. The third-order valence-corrected chi connectivity index (χ3v) is 4.02. The first-order chi connectivity index (χ1) is 6.37. The standard InChI is InChI=1S/C10H16BrClN2/c1-7-9(11)8(14(4)13-7)5-10(2,3)6-12/h5-6H2,1-4H3. The molecule has 14 heavy (non-hydrogen) atoms. The number of aromatic nitrogens is 2. The van der Waals surface area contributed by atoms with Crippen LogP contribution in [-0.2, 0) is 13.5 Å². The summed E-state index contributed by atoms with van der Waals surface area (Å²) in [5.41, 5.74) is 2.37. The SMILES string of the molecule is Cc1nn(C)c(CC(C)(C)CCl)c1Br. The van der Waals surface area contributed by atoms with Crippen LogP contribution < -0.4 is 0 Å². The van der Waals surface area contributed by atoms with Crippen molar-refractivity contribution in [3.8, 4) is 0 Å². The Bertz CT molecular complexity index is 331. The monoisotopic (exact) mass is 278 g/mol. The maximum atomic E-state index is 5.91. The zero-order chi connectivity index (χ0) is 10.9. The molecule has 1 heterocycles. The molecular formula is C10H16BrClN2. The number of halogens is 2. The molecule has 0 aliphatic rings. The summed E-state index contributed by atoms with van der Waals surface area (Å²) in [5, 5.41) is 4.36. The Labute approximate surface area is 98.8 Å². The average molecular weight is 280 g/mol. The van der Waals surface area contributed by atoms with E-state index in [9.17, 15) is 0 Å². The number of hydrogen-bond donors (Lipinski definition) is 0. The van der Waals surface area contributed by atoms with Crippen molar-refractivity contribution in [1.82, 2.24) is 9.78 Å². The molecule has 0 atom stereocenters. The van der Waals surface area contributed by atoms with Gasteiger partial charge in [0.25, 0.3) is 0 Å². The molecule has 1 aromatic rings. The van der Waals surface area contributed by atoms with Crippen LogP contribution in [0.15, 0.2) is 4.47 Å². The predicted octanol–water partition coefficient (Wildman–Crippen LogP) is 3.30.